The number of nitrogens with one attached hydrogen (secondary N) is 1. The Labute approximate surface area is 119 Å². The van der Waals surface area contributed by atoms with Gasteiger partial charge in [-0.15, -0.1) is 11.6 Å². The summed E-state index contributed by atoms with van der Waals surface area (Å²) in [6.45, 7) is 4.47. The van der Waals surface area contributed by atoms with Gasteiger partial charge in [-0.05, 0) is 50.8 Å². The van der Waals surface area contributed by atoms with Gasteiger partial charge < -0.3 is 10.1 Å². The third-order valence-corrected chi connectivity index (χ3v) is 3.22. The number of hydrogen-bond donors (Lipinski definition) is 1. The highest BCUT2D eigenvalue weighted by Gasteiger charge is 2.30. The van der Waals surface area contributed by atoms with E-state index >= 15 is 0 Å². The molecule has 19 heavy (non-hydrogen) atoms. The largest absolute Gasteiger partial charge is 0.492 e. The summed E-state index contributed by atoms with van der Waals surface area (Å²) in [4.78, 5) is 11.8. The number of halogens is 1. The Kier molecular flexibility index (Phi) is 4.70. The highest BCUT2D eigenvalue weighted by Crippen LogP contribution is 2.33. The number of rotatable bonds is 6. The number of hydrogen-bond acceptors (Lipinski definition) is 2. The van der Waals surface area contributed by atoms with Gasteiger partial charge in [0.1, 0.15) is 5.75 Å². The molecular formula is C15H20ClNO2. The van der Waals surface area contributed by atoms with Gasteiger partial charge in [0.25, 0.3) is 0 Å². The molecule has 0 saturated heterocycles. The van der Waals surface area contributed by atoms with E-state index in [-0.39, 0.29) is 17.2 Å². The zero-order valence-corrected chi connectivity index (χ0v) is 12.2. The summed E-state index contributed by atoms with van der Waals surface area (Å²) in [5.74, 6) is 1.02. The zero-order valence-electron chi connectivity index (χ0n) is 11.4. The Morgan fingerprint density at radius 2 is 2.26 bits per heavy atom. The van der Waals surface area contributed by atoms with Crippen LogP contribution in [0.4, 0.5) is 5.69 Å². The van der Waals surface area contributed by atoms with Crippen LogP contribution in [0.5, 0.6) is 5.75 Å². The molecule has 0 bridgehead atoms. The summed E-state index contributed by atoms with van der Waals surface area (Å²) in [7, 11) is 0. The molecule has 1 aromatic rings. The molecule has 1 unspecified atom stereocenters. The quantitative estimate of drug-likeness (QED) is 0.809. The molecule has 0 aromatic heterocycles. The minimum absolute atomic E-state index is 0.0846. The molecule has 3 nitrogen and oxygen atoms in total. The second-order valence-electron chi connectivity index (χ2n) is 5.01. The number of amides is 1. The van der Waals surface area contributed by atoms with E-state index in [9.17, 15) is 4.79 Å². The van der Waals surface area contributed by atoms with Crippen LogP contribution in [0.1, 0.15) is 32.3 Å². The van der Waals surface area contributed by atoms with Crippen LogP contribution in [0.2, 0.25) is 0 Å². The Morgan fingerprint density at radius 1 is 1.53 bits per heavy atom. The summed E-state index contributed by atoms with van der Waals surface area (Å²) in [6, 6.07) is 5.86. The maximum Gasteiger partial charge on any atom is 0.227 e. The normalized spacial score (nSPS) is 15.9. The molecule has 0 heterocycles. The van der Waals surface area contributed by atoms with Crippen molar-refractivity contribution < 1.29 is 9.53 Å². The molecule has 4 heteroatoms. The van der Waals surface area contributed by atoms with Gasteiger partial charge in [0.2, 0.25) is 5.91 Å². The van der Waals surface area contributed by atoms with Gasteiger partial charge in [-0.1, -0.05) is 6.07 Å². The molecular weight excluding hydrogens is 262 g/mol. The predicted molar refractivity (Wildman–Crippen MR) is 78.0 cm³/mol. The van der Waals surface area contributed by atoms with Gasteiger partial charge in [0.05, 0.1) is 12.3 Å². The fraction of sp³-hybridized carbons (Fsp3) is 0.533. The molecule has 0 spiro atoms. The van der Waals surface area contributed by atoms with Crippen LogP contribution >= 0.6 is 11.6 Å². The molecule has 1 N–H and O–H groups in total. The Balaban J connectivity index is 2.13. The van der Waals surface area contributed by atoms with Crippen molar-refractivity contribution >= 4 is 23.2 Å². The molecule has 0 aliphatic heterocycles. The van der Waals surface area contributed by atoms with Crippen molar-refractivity contribution in [2.24, 2.45) is 5.92 Å². The standard InChI is InChI=1S/C15H20ClNO2/c1-3-19-14-9-11(8-10(2)16)4-7-13(14)17-15(18)12-5-6-12/h4,7,9-10,12H,3,5-6,8H2,1-2H3,(H,17,18). The third kappa shape index (κ3) is 4.13. The average molecular weight is 282 g/mol. The molecule has 1 fully saturated rings. The fourth-order valence-electron chi connectivity index (χ4n) is 1.98. The van der Waals surface area contributed by atoms with Crippen LogP contribution in [-0.2, 0) is 11.2 Å². The van der Waals surface area contributed by atoms with Crippen molar-refractivity contribution in [3.8, 4) is 5.75 Å². The molecule has 1 aromatic carbocycles. The predicted octanol–water partition coefficient (Wildman–Crippen LogP) is 3.60. The van der Waals surface area contributed by atoms with E-state index < -0.39 is 0 Å². The van der Waals surface area contributed by atoms with Crippen LogP contribution < -0.4 is 10.1 Å². The van der Waals surface area contributed by atoms with Crippen molar-refractivity contribution in [1.82, 2.24) is 0 Å². The van der Waals surface area contributed by atoms with E-state index in [2.05, 4.69) is 5.32 Å². The van der Waals surface area contributed by atoms with E-state index in [1.807, 2.05) is 32.0 Å². The molecule has 1 saturated carbocycles. The summed E-state index contributed by atoms with van der Waals surface area (Å²) in [6.07, 6.45) is 2.79. The number of benzene rings is 1. The molecule has 104 valence electrons. The maximum atomic E-state index is 11.8. The van der Waals surface area contributed by atoms with Crippen molar-refractivity contribution in [3.63, 3.8) is 0 Å². The summed E-state index contributed by atoms with van der Waals surface area (Å²) >= 11 is 6.01. The SMILES string of the molecule is CCOc1cc(CC(C)Cl)ccc1NC(=O)C1CC1. The number of carbonyl (C=O) groups is 1. The van der Waals surface area contributed by atoms with Gasteiger partial charge in [-0.2, -0.15) is 0 Å². The van der Waals surface area contributed by atoms with Crippen molar-refractivity contribution in [3.05, 3.63) is 23.8 Å². The number of alkyl halides is 1. The lowest BCUT2D eigenvalue weighted by molar-refractivity contribution is -0.117. The Morgan fingerprint density at radius 3 is 2.84 bits per heavy atom. The smallest absolute Gasteiger partial charge is 0.227 e. The first-order valence-electron chi connectivity index (χ1n) is 6.80. The topological polar surface area (TPSA) is 38.3 Å². The molecule has 2 rings (SSSR count). The van der Waals surface area contributed by atoms with Gasteiger partial charge in [0.15, 0.2) is 0 Å². The van der Waals surface area contributed by atoms with Gasteiger partial charge >= 0.3 is 0 Å². The lowest BCUT2D eigenvalue weighted by Gasteiger charge is -2.13. The fourth-order valence-corrected chi connectivity index (χ4v) is 2.16. The molecule has 1 aliphatic carbocycles. The van der Waals surface area contributed by atoms with Gasteiger partial charge in [0, 0.05) is 11.3 Å². The second-order valence-corrected chi connectivity index (χ2v) is 5.76. The van der Waals surface area contributed by atoms with Gasteiger partial charge in [-0.25, -0.2) is 0 Å². The van der Waals surface area contributed by atoms with E-state index in [1.165, 1.54) is 0 Å². The monoisotopic (exact) mass is 281 g/mol. The first-order valence-corrected chi connectivity index (χ1v) is 7.24. The van der Waals surface area contributed by atoms with Crippen molar-refractivity contribution in [1.29, 1.82) is 0 Å². The second kappa shape index (κ2) is 6.29. The first kappa shape index (κ1) is 14.2. The molecule has 1 amide bonds. The number of ether oxygens (including phenoxy) is 1. The Hall–Kier alpha value is -1.22. The van der Waals surface area contributed by atoms with Crippen LogP contribution in [-0.4, -0.2) is 17.9 Å². The highest BCUT2D eigenvalue weighted by atomic mass is 35.5. The van der Waals surface area contributed by atoms with Gasteiger partial charge in [-0.3, -0.25) is 4.79 Å². The summed E-state index contributed by atoms with van der Waals surface area (Å²) < 4.78 is 5.60. The van der Waals surface area contributed by atoms with Crippen LogP contribution in [0.15, 0.2) is 18.2 Å². The summed E-state index contributed by atoms with van der Waals surface area (Å²) in [5.41, 5.74) is 1.88. The van der Waals surface area contributed by atoms with Crippen LogP contribution in [0, 0.1) is 5.92 Å². The minimum Gasteiger partial charge on any atom is -0.492 e. The first-order chi connectivity index (χ1) is 9.10. The highest BCUT2D eigenvalue weighted by molar-refractivity contribution is 6.20. The third-order valence-electron chi connectivity index (χ3n) is 3.07. The van der Waals surface area contributed by atoms with Crippen molar-refractivity contribution in [2.75, 3.05) is 11.9 Å². The molecule has 0 radical (unpaired) electrons. The number of anilines is 1. The average Bonchev–Trinajstić information content (AvgIpc) is 3.16. The maximum absolute atomic E-state index is 11.8. The van der Waals surface area contributed by atoms with Crippen LogP contribution in [0.3, 0.4) is 0 Å². The van der Waals surface area contributed by atoms with Crippen molar-refractivity contribution in [2.45, 2.75) is 38.5 Å². The molecule has 1 aliphatic rings. The Bertz CT molecular complexity index is 455. The van der Waals surface area contributed by atoms with E-state index in [0.717, 1.165) is 36.3 Å². The number of carbonyl (C=O) groups excluding carboxylic acids is 1. The lowest BCUT2D eigenvalue weighted by Crippen LogP contribution is -2.14. The van der Waals surface area contributed by atoms with E-state index in [4.69, 9.17) is 16.3 Å². The summed E-state index contributed by atoms with van der Waals surface area (Å²) in [5, 5.41) is 3.03. The lowest BCUT2D eigenvalue weighted by atomic mass is 10.1. The van der Waals surface area contributed by atoms with E-state index in [1.54, 1.807) is 0 Å². The van der Waals surface area contributed by atoms with E-state index in [0.29, 0.717) is 6.61 Å². The zero-order chi connectivity index (χ0) is 13.8. The van der Waals surface area contributed by atoms with Crippen LogP contribution in [0.25, 0.3) is 0 Å². The minimum atomic E-state index is 0.0846. The molecule has 1 atom stereocenters.